The molecule has 124 valence electrons. The molecule has 3 aromatic rings. The summed E-state index contributed by atoms with van der Waals surface area (Å²) in [7, 11) is 0. The summed E-state index contributed by atoms with van der Waals surface area (Å²) in [6, 6.07) is 18.6. The number of hydrogen-bond donors (Lipinski definition) is 1. The van der Waals surface area contributed by atoms with Crippen LogP contribution in [0.5, 0.6) is 5.75 Å². The predicted molar refractivity (Wildman–Crippen MR) is 102 cm³/mol. The van der Waals surface area contributed by atoms with Gasteiger partial charge in [0.15, 0.2) is 0 Å². The van der Waals surface area contributed by atoms with Gasteiger partial charge in [0.2, 0.25) is 0 Å². The lowest BCUT2D eigenvalue weighted by molar-refractivity contribution is 0.475. The van der Waals surface area contributed by atoms with Gasteiger partial charge in [-0.05, 0) is 73.5 Å². The summed E-state index contributed by atoms with van der Waals surface area (Å²) in [6.45, 7) is 4.04. The van der Waals surface area contributed by atoms with E-state index < -0.39 is 0 Å². The first-order chi connectivity index (χ1) is 12.0. The van der Waals surface area contributed by atoms with Gasteiger partial charge in [-0.25, -0.2) is 0 Å². The minimum atomic E-state index is 0.237. The van der Waals surface area contributed by atoms with Crippen molar-refractivity contribution < 1.29 is 5.11 Å². The lowest BCUT2D eigenvalue weighted by Gasteiger charge is -2.09. The highest BCUT2D eigenvalue weighted by atomic mass is 35.5. The number of halogens is 1. The van der Waals surface area contributed by atoms with Crippen LogP contribution in [0.4, 0.5) is 0 Å². The Morgan fingerprint density at radius 2 is 1.72 bits per heavy atom. The molecule has 1 aromatic heterocycles. The molecule has 0 spiro atoms. The van der Waals surface area contributed by atoms with Gasteiger partial charge in [-0.1, -0.05) is 23.7 Å². The van der Waals surface area contributed by atoms with E-state index in [-0.39, 0.29) is 5.75 Å². The lowest BCUT2D eigenvalue weighted by Crippen LogP contribution is -1.98. The molecule has 0 unspecified atom stereocenters. The number of phenols is 1. The Morgan fingerprint density at radius 1 is 1.08 bits per heavy atom. The van der Waals surface area contributed by atoms with Crippen molar-refractivity contribution >= 4 is 23.3 Å². The molecule has 0 atom stereocenters. The van der Waals surface area contributed by atoms with Crippen molar-refractivity contribution in [1.29, 1.82) is 5.26 Å². The molecular formula is C21H17ClN2O. The number of benzene rings is 2. The zero-order valence-corrected chi connectivity index (χ0v) is 14.7. The van der Waals surface area contributed by atoms with Crippen LogP contribution in [0.1, 0.15) is 22.5 Å². The van der Waals surface area contributed by atoms with Crippen LogP contribution in [0.25, 0.3) is 17.3 Å². The molecule has 0 aliphatic carbocycles. The third kappa shape index (κ3) is 3.45. The van der Waals surface area contributed by atoms with Crippen molar-refractivity contribution in [2.45, 2.75) is 13.8 Å². The molecule has 0 bridgehead atoms. The van der Waals surface area contributed by atoms with Gasteiger partial charge in [-0.15, -0.1) is 0 Å². The lowest BCUT2D eigenvalue weighted by atomic mass is 10.0. The van der Waals surface area contributed by atoms with Crippen molar-refractivity contribution in [2.24, 2.45) is 0 Å². The van der Waals surface area contributed by atoms with Crippen LogP contribution < -0.4 is 0 Å². The second-order valence-corrected chi connectivity index (χ2v) is 6.29. The Kier molecular flexibility index (Phi) is 4.65. The van der Waals surface area contributed by atoms with E-state index in [1.165, 1.54) is 0 Å². The van der Waals surface area contributed by atoms with Crippen LogP contribution in [-0.2, 0) is 0 Å². The van der Waals surface area contributed by atoms with Crippen LogP contribution in [0.3, 0.4) is 0 Å². The fraction of sp³-hybridized carbons (Fsp3) is 0.0952. The maximum Gasteiger partial charge on any atom is 0.115 e. The molecule has 25 heavy (non-hydrogen) atoms. The topological polar surface area (TPSA) is 49.0 Å². The average molecular weight is 349 g/mol. The van der Waals surface area contributed by atoms with Crippen molar-refractivity contribution in [3.05, 3.63) is 82.1 Å². The first-order valence-corrected chi connectivity index (χ1v) is 8.23. The predicted octanol–water partition coefficient (Wildman–Crippen LogP) is 5.52. The van der Waals surface area contributed by atoms with E-state index in [0.717, 1.165) is 28.2 Å². The molecule has 0 radical (unpaired) electrons. The van der Waals surface area contributed by atoms with E-state index in [9.17, 15) is 10.4 Å². The number of rotatable bonds is 3. The third-order valence-electron chi connectivity index (χ3n) is 4.15. The van der Waals surface area contributed by atoms with Gasteiger partial charge in [-0.2, -0.15) is 5.26 Å². The van der Waals surface area contributed by atoms with E-state index in [0.29, 0.717) is 10.6 Å². The largest absolute Gasteiger partial charge is 0.508 e. The maximum atomic E-state index is 9.54. The van der Waals surface area contributed by atoms with Crippen molar-refractivity contribution in [2.75, 3.05) is 0 Å². The molecule has 4 heteroatoms. The Morgan fingerprint density at radius 3 is 2.32 bits per heavy atom. The zero-order chi connectivity index (χ0) is 18.0. The molecule has 2 aromatic carbocycles. The normalized spacial score (nSPS) is 11.4. The summed E-state index contributed by atoms with van der Waals surface area (Å²) >= 11 is 5.92. The van der Waals surface area contributed by atoms with Crippen molar-refractivity contribution in [1.82, 2.24) is 4.57 Å². The van der Waals surface area contributed by atoms with E-state index in [2.05, 4.69) is 16.7 Å². The summed E-state index contributed by atoms with van der Waals surface area (Å²) < 4.78 is 2.10. The molecule has 0 saturated carbocycles. The third-order valence-corrected chi connectivity index (χ3v) is 4.41. The number of aromatic hydroxyl groups is 1. The Labute approximate surface area is 152 Å². The Bertz CT molecular complexity index is 974. The number of allylic oxidation sites excluding steroid dienone is 1. The fourth-order valence-electron chi connectivity index (χ4n) is 2.90. The highest BCUT2D eigenvalue weighted by Gasteiger charge is 2.11. The second kappa shape index (κ2) is 6.88. The number of nitrogens with zero attached hydrogens (tertiary/aromatic N) is 2. The average Bonchev–Trinajstić information content (AvgIpc) is 2.88. The van der Waals surface area contributed by atoms with E-state index in [1.807, 2.05) is 44.2 Å². The number of aryl methyl sites for hydroxylation is 1. The van der Waals surface area contributed by atoms with Crippen molar-refractivity contribution in [3.8, 4) is 17.5 Å². The number of hydrogen-bond acceptors (Lipinski definition) is 2. The minimum absolute atomic E-state index is 0.237. The highest BCUT2D eigenvalue weighted by molar-refractivity contribution is 6.30. The first-order valence-electron chi connectivity index (χ1n) is 7.85. The summed E-state index contributed by atoms with van der Waals surface area (Å²) in [5, 5.41) is 19.7. The van der Waals surface area contributed by atoms with Gasteiger partial charge >= 0.3 is 0 Å². The van der Waals surface area contributed by atoms with Gasteiger partial charge in [0.05, 0.1) is 11.6 Å². The van der Waals surface area contributed by atoms with Gasteiger partial charge in [0, 0.05) is 22.1 Å². The molecule has 0 amide bonds. The molecule has 0 saturated heterocycles. The fourth-order valence-corrected chi connectivity index (χ4v) is 3.02. The summed E-state index contributed by atoms with van der Waals surface area (Å²) in [5.74, 6) is 0.237. The number of nitriles is 1. The summed E-state index contributed by atoms with van der Waals surface area (Å²) in [6.07, 6.45) is 1.89. The molecule has 0 aliphatic rings. The smallest absolute Gasteiger partial charge is 0.115 e. The van der Waals surface area contributed by atoms with Crippen LogP contribution in [-0.4, -0.2) is 9.67 Å². The van der Waals surface area contributed by atoms with Crippen LogP contribution in [0.2, 0.25) is 5.02 Å². The molecule has 0 fully saturated rings. The highest BCUT2D eigenvalue weighted by Crippen LogP contribution is 2.26. The molecule has 3 nitrogen and oxygen atoms in total. The van der Waals surface area contributed by atoms with Crippen molar-refractivity contribution in [3.63, 3.8) is 0 Å². The maximum absolute atomic E-state index is 9.54. The standard InChI is InChI=1S/C21H17ClN2O/c1-14-11-17(12-18(13-23)16-3-5-19(22)6-4-16)15(2)24(14)20-7-9-21(25)10-8-20/h3-12,25H,1-2H3/b18-12-. The number of aromatic nitrogens is 1. The summed E-state index contributed by atoms with van der Waals surface area (Å²) in [4.78, 5) is 0. The van der Waals surface area contributed by atoms with Gasteiger partial charge < -0.3 is 9.67 Å². The van der Waals surface area contributed by atoms with E-state index in [4.69, 9.17) is 11.6 Å². The molecule has 1 heterocycles. The summed E-state index contributed by atoms with van der Waals surface area (Å²) in [5.41, 5.74) is 5.46. The van der Waals surface area contributed by atoms with Crippen LogP contribution in [0, 0.1) is 25.2 Å². The van der Waals surface area contributed by atoms with Crippen LogP contribution >= 0.6 is 11.6 Å². The first kappa shape index (κ1) is 16.9. The number of phenolic OH excluding ortho intramolecular Hbond substituents is 1. The monoisotopic (exact) mass is 348 g/mol. The molecular weight excluding hydrogens is 332 g/mol. The van der Waals surface area contributed by atoms with Gasteiger partial charge in [0.1, 0.15) is 5.75 Å². The van der Waals surface area contributed by atoms with Gasteiger partial charge in [-0.3, -0.25) is 0 Å². The van der Waals surface area contributed by atoms with E-state index in [1.54, 1.807) is 24.3 Å². The minimum Gasteiger partial charge on any atom is -0.508 e. The van der Waals surface area contributed by atoms with Gasteiger partial charge in [0.25, 0.3) is 0 Å². The molecule has 0 aliphatic heterocycles. The van der Waals surface area contributed by atoms with E-state index >= 15 is 0 Å². The second-order valence-electron chi connectivity index (χ2n) is 5.85. The quantitative estimate of drug-likeness (QED) is 0.634. The Balaban J connectivity index is 2.06. The SMILES string of the molecule is Cc1cc(/C=C(/C#N)c2ccc(Cl)cc2)c(C)n1-c1ccc(O)cc1. The Hall–Kier alpha value is -2.96. The molecule has 3 rings (SSSR count). The van der Waals surface area contributed by atoms with Crippen LogP contribution in [0.15, 0.2) is 54.6 Å². The molecule has 1 N–H and O–H groups in total. The zero-order valence-electron chi connectivity index (χ0n) is 14.0.